The van der Waals surface area contributed by atoms with Gasteiger partial charge in [0.15, 0.2) is 0 Å². The lowest BCUT2D eigenvalue weighted by Gasteiger charge is -2.20. The third-order valence-corrected chi connectivity index (χ3v) is 3.09. The van der Waals surface area contributed by atoms with Gasteiger partial charge in [0.2, 0.25) is 0 Å². The average Bonchev–Trinajstić information content (AvgIpc) is 2.28. The van der Waals surface area contributed by atoms with Crippen molar-refractivity contribution in [3.63, 3.8) is 0 Å². The van der Waals surface area contributed by atoms with Crippen LogP contribution in [0.2, 0.25) is 0 Å². The van der Waals surface area contributed by atoms with Crippen molar-refractivity contribution in [3.05, 3.63) is 35.4 Å². The number of aryl methyl sites for hydroxylation is 1. The number of rotatable bonds is 6. The van der Waals surface area contributed by atoms with E-state index in [1.54, 1.807) is 0 Å². The first-order chi connectivity index (χ1) is 8.04. The van der Waals surface area contributed by atoms with E-state index in [1.807, 2.05) is 39.0 Å². The highest BCUT2D eigenvalue weighted by Gasteiger charge is 2.22. The van der Waals surface area contributed by atoms with Crippen molar-refractivity contribution in [1.29, 1.82) is 0 Å². The zero-order valence-electron chi connectivity index (χ0n) is 10.7. The molecule has 0 radical (unpaired) electrons. The van der Waals surface area contributed by atoms with Gasteiger partial charge in [0, 0.05) is 6.54 Å². The molecule has 0 heterocycles. The van der Waals surface area contributed by atoms with Crippen LogP contribution in [0.15, 0.2) is 24.3 Å². The van der Waals surface area contributed by atoms with Gasteiger partial charge in [-0.25, -0.2) is 0 Å². The van der Waals surface area contributed by atoms with Gasteiger partial charge in [0.05, 0.1) is 0 Å². The van der Waals surface area contributed by atoms with Gasteiger partial charge >= 0.3 is 5.97 Å². The molecular weight excluding hydrogens is 214 g/mol. The molecule has 0 fully saturated rings. The van der Waals surface area contributed by atoms with Crippen LogP contribution in [0.25, 0.3) is 0 Å². The second-order valence-electron chi connectivity index (χ2n) is 4.57. The Morgan fingerprint density at radius 2 is 2.18 bits per heavy atom. The summed E-state index contributed by atoms with van der Waals surface area (Å²) in [6, 6.07) is 7.64. The van der Waals surface area contributed by atoms with E-state index in [-0.39, 0.29) is 5.92 Å². The van der Waals surface area contributed by atoms with Gasteiger partial charge in [-0.05, 0) is 18.4 Å². The van der Waals surface area contributed by atoms with Crippen LogP contribution in [0.1, 0.15) is 31.4 Å². The monoisotopic (exact) mass is 235 g/mol. The number of aliphatic carboxylic acids is 1. The third-order valence-electron chi connectivity index (χ3n) is 3.09. The molecule has 0 spiro atoms. The van der Waals surface area contributed by atoms with E-state index >= 15 is 0 Å². The number of carboxylic acids is 1. The minimum absolute atomic E-state index is 0.136. The average molecular weight is 235 g/mol. The Balaban J connectivity index is 2.61. The molecule has 3 heteroatoms. The summed E-state index contributed by atoms with van der Waals surface area (Å²) in [5, 5.41) is 12.3. The van der Waals surface area contributed by atoms with E-state index in [9.17, 15) is 4.79 Å². The van der Waals surface area contributed by atoms with Crippen molar-refractivity contribution in [2.24, 2.45) is 5.92 Å². The molecule has 0 aliphatic rings. The molecule has 0 aromatic heterocycles. The fourth-order valence-corrected chi connectivity index (χ4v) is 1.82. The second-order valence-corrected chi connectivity index (χ2v) is 4.57. The minimum Gasteiger partial charge on any atom is -0.480 e. The summed E-state index contributed by atoms with van der Waals surface area (Å²) in [5.74, 6) is -0.635. The molecule has 94 valence electrons. The van der Waals surface area contributed by atoms with Gasteiger partial charge in [0.25, 0.3) is 0 Å². The number of hydrogen-bond donors (Lipinski definition) is 2. The molecule has 2 atom stereocenters. The highest BCUT2D eigenvalue weighted by atomic mass is 16.4. The quantitative estimate of drug-likeness (QED) is 0.796. The van der Waals surface area contributed by atoms with E-state index < -0.39 is 12.0 Å². The van der Waals surface area contributed by atoms with Crippen LogP contribution in [-0.2, 0) is 11.3 Å². The van der Waals surface area contributed by atoms with E-state index in [2.05, 4.69) is 11.4 Å². The van der Waals surface area contributed by atoms with Crippen LogP contribution in [0.5, 0.6) is 0 Å². The van der Waals surface area contributed by atoms with Gasteiger partial charge in [-0.2, -0.15) is 0 Å². The van der Waals surface area contributed by atoms with Gasteiger partial charge in [0.1, 0.15) is 6.04 Å². The highest BCUT2D eigenvalue weighted by Crippen LogP contribution is 2.10. The maximum atomic E-state index is 11.1. The summed E-state index contributed by atoms with van der Waals surface area (Å²) >= 11 is 0. The molecular formula is C14H21NO2. The molecule has 0 saturated heterocycles. The maximum absolute atomic E-state index is 11.1. The Morgan fingerprint density at radius 3 is 2.71 bits per heavy atom. The van der Waals surface area contributed by atoms with Gasteiger partial charge in [-0.3, -0.25) is 4.79 Å². The van der Waals surface area contributed by atoms with E-state index in [0.29, 0.717) is 6.54 Å². The molecule has 0 aliphatic carbocycles. The van der Waals surface area contributed by atoms with Crippen molar-refractivity contribution < 1.29 is 9.90 Å². The fraction of sp³-hybridized carbons (Fsp3) is 0.500. The smallest absolute Gasteiger partial charge is 0.320 e. The molecule has 1 aromatic carbocycles. The largest absolute Gasteiger partial charge is 0.480 e. The minimum atomic E-state index is -0.771. The molecule has 0 amide bonds. The summed E-state index contributed by atoms with van der Waals surface area (Å²) in [5.41, 5.74) is 2.32. The van der Waals surface area contributed by atoms with Crippen LogP contribution in [0, 0.1) is 12.8 Å². The van der Waals surface area contributed by atoms with E-state index in [1.165, 1.54) is 5.56 Å². The van der Waals surface area contributed by atoms with Crippen molar-refractivity contribution in [3.8, 4) is 0 Å². The number of nitrogens with one attached hydrogen (secondary N) is 1. The predicted octanol–water partition coefficient (Wildman–Crippen LogP) is 2.58. The van der Waals surface area contributed by atoms with E-state index in [4.69, 9.17) is 5.11 Å². The number of carboxylic acid groups (broad SMARTS) is 1. The zero-order chi connectivity index (χ0) is 12.8. The molecule has 2 N–H and O–H groups in total. The lowest BCUT2D eigenvalue weighted by molar-refractivity contribution is -0.140. The molecule has 0 aliphatic heterocycles. The number of benzene rings is 1. The van der Waals surface area contributed by atoms with Crippen molar-refractivity contribution in [1.82, 2.24) is 5.32 Å². The predicted molar refractivity (Wildman–Crippen MR) is 68.9 cm³/mol. The topological polar surface area (TPSA) is 49.3 Å². The lowest BCUT2D eigenvalue weighted by Crippen LogP contribution is -2.41. The molecule has 0 bridgehead atoms. The Bertz CT molecular complexity index is 376. The maximum Gasteiger partial charge on any atom is 0.320 e. The summed E-state index contributed by atoms with van der Waals surface area (Å²) in [4.78, 5) is 11.1. The molecule has 1 aromatic rings. The van der Waals surface area contributed by atoms with Gasteiger partial charge in [-0.15, -0.1) is 0 Å². The highest BCUT2D eigenvalue weighted by molar-refractivity contribution is 5.73. The summed E-state index contributed by atoms with van der Waals surface area (Å²) < 4.78 is 0. The second kappa shape index (κ2) is 6.40. The Hall–Kier alpha value is -1.35. The van der Waals surface area contributed by atoms with Crippen LogP contribution >= 0.6 is 0 Å². The lowest BCUT2D eigenvalue weighted by atomic mass is 9.99. The zero-order valence-corrected chi connectivity index (χ0v) is 10.7. The molecule has 0 saturated carbocycles. The van der Waals surface area contributed by atoms with Crippen LogP contribution < -0.4 is 5.32 Å². The summed E-state index contributed by atoms with van der Waals surface area (Å²) in [6.45, 7) is 6.60. The van der Waals surface area contributed by atoms with Crippen molar-refractivity contribution >= 4 is 5.97 Å². The SMILES string of the molecule is CC[C@@H](C)[C@@H](NCc1cccc(C)c1)C(=O)O. The molecule has 3 nitrogen and oxygen atoms in total. The first kappa shape index (κ1) is 13.7. The fourth-order valence-electron chi connectivity index (χ4n) is 1.82. The first-order valence-corrected chi connectivity index (χ1v) is 6.06. The molecule has 17 heavy (non-hydrogen) atoms. The summed E-state index contributed by atoms with van der Waals surface area (Å²) in [6.07, 6.45) is 0.859. The first-order valence-electron chi connectivity index (χ1n) is 6.06. The Labute approximate surface area is 103 Å². The van der Waals surface area contributed by atoms with Gasteiger partial charge in [-0.1, -0.05) is 50.1 Å². The van der Waals surface area contributed by atoms with Crippen molar-refractivity contribution in [2.75, 3.05) is 0 Å². The number of hydrogen-bond acceptors (Lipinski definition) is 2. The molecule has 1 rings (SSSR count). The summed E-state index contributed by atoms with van der Waals surface area (Å²) in [7, 11) is 0. The van der Waals surface area contributed by atoms with Gasteiger partial charge < -0.3 is 10.4 Å². The van der Waals surface area contributed by atoms with E-state index in [0.717, 1.165) is 12.0 Å². The van der Waals surface area contributed by atoms with Crippen molar-refractivity contribution in [2.45, 2.75) is 39.8 Å². The van der Waals surface area contributed by atoms with Crippen LogP contribution in [0.3, 0.4) is 0 Å². The third kappa shape index (κ3) is 4.19. The Kier molecular flexibility index (Phi) is 5.16. The van der Waals surface area contributed by atoms with Crippen LogP contribution in [0.4, 0.5) is 0 Å². The normalized spacial score (nSPS) is 14.3. The number of carbonyl (C=O) groups is 1. The molecule has 0 unspecified atom stereocenters. The Morgan fingerprint density at radius 1 is 1.47 bits per heavy atom. The standard InChI is InChI=1S/C14H21NO2/c1-4-11(3)13(14(16)17)15-9-12-7-5-6-10(2)8-12/h5-8,11,13,15H,4,9H2,1-3H3,(H,16,17)/t11-,13-/m1/s1. The van der Waals surface area contributed by atoms with Crippen LogP contribution in [-0.4, -0.2) is 17.1 Å².